The second-order valence-electron chi connectivity index (χ2n) is 1.79. The van der Waals surface area contributed by atoms with Crippen molar-refractivity contribution in [3.63, 3.8) is 0 Å². The van der Waals surface area contributed by atoms with Crippen LogP contribution >= 0.6 is 23.2 Å². The van der Waals surface area contributed by atoms with Crippen LogP contribution in [0.2, 0.25) is 10.0 Å². The zero-order chi connectivity index (χ0) is 7.72. The molecule has 0 atom stereocenters. The molecular formula is C6H6Cl2N2. The lowest BCUT2D eigenvalue weighted by atomic mass is 9.94. The van der Waals surface area contributed by atoms with Gasteiger partial charge in [0.25, 0.3) is 0 Å². The molecule has 0 radical (unpaired) electrons. The van der Waals surface area contributed by atoms with Gasteiger partial charge < -0.3 is 0 Å². The van der Waals surface area contributed by atoms with Gasteiger partial charge in [0, 0.05) is 11.1 Å². The zero-order valence-corrected chi connectivity index (χ0v) is 6.58. The second kappa shape index (κ2) is 2.76. The highest BCUT2D eigenvalue weighted by Crippen LogP contribution is 2.49. The van der Waals surface area contributed by atoms with Crippen molar-refractivity contribution in [2.75, 3.05) is 0 Å². The molecule has 0 heterocycles. The number of hydrogen-bond donors (Lipinski definition) is 2. The van der Waals surface area contributed by atoms with Gasteiger partial charge in [0.1, 0.15) is 0 Å². The summed E-state index contributed by atoms with van der Waals surface area (Å²) < 4.78 is 0. The maximum absolute atomic E-state index is 5.63. The van der Waals surface area contributed by atoms with Gasteiger partial charge in [-0.2, -0.15) is 0 Å². The molecule has 2 nitrogen and oxygen atoms in total. The highest BCUT2D eigenvalue weighted by Gasteiger charge is 2.22. The maximum Gasteiger partial charge on any atom is 0.0677 e. The quantitative estimate of drug-likeness (QED) is 0.476. The molecule has 0 aromatic rings. The Morgan fingerprint density at radius 1 is 0.900 bits per heavy atom. The van der Waals surface area contributed by atoms with E-state index in [4.69, 9.17) is 23.2 Å². The normalized spacial score (nSPS) is 10.0. The van der Waals surface area contributed by atoms with Gasteiger partial charge in [-0.25, -0.2) is 0 Å². The highest BCUT2D eigenvalue weighted by atomic mass is 35.5. The second-order valence-corrected chi connectivity index (χ2v) is 2.54. The van der Waals surface area contributed by atoms with E-state index in [2.05, 4.69) is 11.7 Å². The van der Waals surface area contributed by atoms with E-state index < -0.39 is 0 Å². The van der Waals surface area contributed by atoms with Crippen LogP contribution in [0.25, 0.3) is 11.1 Å². The molecule has 0 fully saturated rings. The smallest absolute Gasteiger partial charge is 0.0677 e. The van der Waals surface area contributed by atoms with E-state index in [-0.39, 0.29) is 0 Å². The van der Waals surface area contributed by atoms with Crippen molar-refractivity contribution in [3.8, 4) is 11.1 Å². The molecule has 0 saturated heterocycles. The van der Waals surface area contributed by atoms with Gasteiger partial charge in [-0.1, -0.05) is 35.3 Å². The highest BCUT2D eigenvalue weighted by molar-refractivity contribution is 6.49. The lowest BCUT2D eigenvalue weighted by molar-refractivity contribution is 1.26. The van der Waals surface area contributed by atoms with Gasteiger partial charge in [0.05, 0.1) is 10.0 Å². The summed E-state index contributed by atoms with van der Waals surface area (Å²) in [4.78, 5) is 0. The van der Waals surface area contributed by atoms with Crippen LogP contribution in [0.1, 0.15) is 0 Å². The molecule has 54 valence electrons. The third-order valence-electron chi connectivity index (χ3n) is 1.37. The Bertz CT molecular complexity index is 233. The van der Waals surface area contributed by atoms with Crippen molar-refractivity contribution < 1.29 is 0 Å². The third kappa shape index (κ3) is 0.812. The van der Waals surface area contributed by atoms with Crippen molar-refractivity contribution in [2.24, 2.45) is 11.7 Å². The Labute approximate surface area is 68.7 Å². The van der Waals surface area contributed by atoms with Crippen molar-refractivity contribution in [1.29, 1.82) is 0 Å². The molecule has 0 aliphatic heterocycles. The third-order valence-corrected chi connectivity index (χ3v) is 2.25. The molecule has 2 rings (SSSR count). The standard InChI is InChI=1S/C6H2Cl2.H4N2/c7-5-3-1-2-4(3)6(5)8;1-2/h1-2H;1-2H2. The molecule has 10 heavy (non-hydrogen) atoms. The van der Waals surface area contributed by atoms with Crippen molar-refractivity contribution in [2.45, 2.75) is 0 Å². The van der Waals surface area contributed by atoms with Crippen molar-refractivity contribution in [1.82, 2.24) is 0 Å². The average molecular weight is 177 g/mol. The molecule has 0 saturated carbocycles. The molecule has 0 bridgehead atoms. The molecule has 0 amide bonds. The van der Waals surface area contributed by atoms with Crippen LogP contribution in [0.3, 0.4) is 0 Å². The summed E-state index contributed by atoms with van der Waals surface area (Å²) in [5.41, 5.74) is 2.24. The van der Waals surface area contributed by atoms with Gasteiger partial charge in [0.15, 0.2) is 0 Å². The summed E-state index contributed by atoms with van der Waals surface area (Å²) in [5.74, 6) is 8.00. The molecule has 2 aliphatic carbocycles. The minimum atomic E-state index is 0.726. The first-order chi connectivity index (χ1) is 4.80. The number of hydrogen-bond acceptors (Lipinski definition) is 2. The van der Waals surface area contributed by atoms with Crippen molar-refractivity contribution in [3.05, 3.63) is 22.2 Å². The number of hydrazine groups is 1. The van der Waals surface area contributed by atoms with E-state index in [1.54, 1.807) is 0 Å². The Morgan fingerprint density at radius 2 is 1.20 bits per heavy atom. The van der Waals surface area contributed by atoms with Crippen LogP contribution in [-0.2, 0) is 0 Å². The average Bonchev–Trinajstić information content (AvgIpc) is 1.91. The fourth-order valence-corrected chi connectivity index (χ4v) is 1.34. The maximum atomic E-state index is 5.63. The van der Waals surface area contributed by atoms with E-state index in [9.17, 15) is 0 Å². The van der Waals surface area contributed by atoms with Crippen LogP contribution in [0, 0.1) is 0 Å². The predicted molar refractivity (Wildman–Crippen MR) is 43.8 cm³/mol. The molecule has 4 heteroatoms. The van der Waals surface area contributed by atoms with Gasteiger partial charge in [-0.15, -0.1) is 0 Å². The van der Waals surface area contributed by atoms with Crippen LogP contribution in [-0.4, -0.2) is 0 Å². The Morgan fingerprint density at radius 3 is 1.30 bits per heavy atom. The number of nitrogens with two attached hydrogens (primary N) is 2. The zero-order valence-electron chi connectivity index (χ0n) is 5.07. The monoisotopic (exact) mass is 176 g/mol. The minimum absolute atomic E-state index is 0.726. The fraction of sp³-hybridized carbons (Fsp3) is 0. The molecule has 0 unspecified atom stereocenters. The summed E-state index contributed by atoms with van der Waals surface area (Å²) in [5, 5.41) is 1.45. The van der Waals surface area contributed by atoms with Crippen LogP contribution in [0.15, 0.2) is 12.1 Å². The summed E-state index contributed by atoms with van der Waals surface area (Å²) in [6, 6.07) is 3.92. The molecule has 2 aliphatic rings. The van der Waals surface area contributed by atoms with Gasteiger partial charge in [0.2, 0.25) is 0 Å². The molecule has 0 aromatic carbocycles. The van der Waals surface area contributed by atoms with Gasteiger partial charge >= 0.3 is 0 Å². The molecular weight excluding hydrogens is 171 g/mol. The van der Waals surface area contributed by atoms with E-state index in [0.29, 0.717) is 0 Å². The molecule has 0 spiro atoms. The van der Waals surface area contributed by atoms with Crippen molar-refractivity contribution >= 4 is 23.2 Å². The predicted octanol–water partition coefficient (Wildman–Crippen LogP) is 1.79. The lowest BCUT2D eigenvalue weighted by Gasteiger charge is -2.19. The van der Waals surface area contributed by atoms with E-state index in [1.807, 2.05) is 12.1 Å². The SMILES string of the molecule is Clc1c2ccc-2c1Cl.NN. The first-order valence-corrected chi connectivity index (χ1v) is 3.38. The van der Waals surface area contributed by atoms with Gasteiger partial charge in [-0.3, -0.25) is 11.7 Å². The largest absolute Gasteiger partial charge is 0.274 e. The first-order valence-electron chi connectivity index (χ1n) is 2.62. The summed E-state index contributed by atoms with van der Waals surface area (Å²) >= 11 is 11.3. The Kier molecular flexibility index (Phi) is 2.16. The van der Waals surface area contributed by atoms with E-state index >= 15 is 0 Å². The Hall–Kier alpha value is -0.280. The molecule has 0 aromatic heterocycles. The van der Waals surface area contributed by atoms with Crippen LogP contribution in [0.5, 0.6) is 0 Å². The number of rotatable bonds is 0. The number of fused-ring (bicyclic) bond motifs is 1. The van der Waals surface area contributed by atoms with Crippen LogP contribution in [0.4, 0.5) is 0 Å². The summed E-state index contributed by atoms with van der Waals surface area (Å²) in [7, 11) is 0. The minimum Gasteiger partial charge on any atom is -0.274 e. The van der Waals surface area contributed by atoms with E-state index in [0.717, 1.165) is 21.2 Å². The first kappa shape index (κ1) is 7.82. The fourth-order valence-electron chi connectivity index (χ4n) is 0.807. The molecule has 4 N–H and O–H groups in total. The number of benzene rings is 1. The number of halogens is 2. The summed E-state index contributed by atoms with van der Waals surface area (Å²) in [6.07, 6.45) is 0. The lowest BCUT2D eigenvalue weighted by Crippen LogP contribution is -2.02. The van der Waals surface area contributed by atoms with Gasteiger partial charge in [-0.05, 0) is 0 Å². The Balaban J connectivity index is 0.000000231. The van der Waals surface area contributed by atoms with E-state index in [1.165, 1.54) is 0 Å². The summed E-state index contributed by atoms with van der Waals surface area (Å²) in [6.45, 7) is 0. The topological polar surface area (TPSA) is 52.0 Å². The van der Waals surface area contributed by atoms with Crippen LogP contribution < -0.4 is 11.7 Å².